The van der Waals surface area contributed by atoms with Crippen LogP contribution in [0.25, 0.3) is 6.08 Å². The molecule has 0 radical (unpaired) electrons. The number of nitrogens with one attached hydrogen (secondary N) is 1. The van der Waals surface area contributed by atoms with Crippen molar-refractivity contribution in [2.45, 2.75) is 40.3 Å². The van der Waals surface area contributed by atoms with Crippen LogP contribution in [0.5, 0.6) is 0 Å². The standard InChI is InChI=1S/C23H33ClN6O/c1-17(2)15-30-23(24)20(19(4)27-30)8-9-22(31)26-18(3)16-28-11-13-29(14-12-28)21-7-5-6-10-25-21/h5-10,17-18H,11-16H2,1-4H3,(H,26,31). The van der Waals surface area contributed by atoms with Crippen LogP contribution < -0.4 is 10.2 Å². The highest BCUT2D eigenvalue weighted by molar-refractivity contribution is 6.31. The molecule has 3 heterocycles. The molecule has 0 bridgehead atoms. The first-order chi connectivity index (χ1) is 14.8. The maximum Gasteiger partial charge on any atom is 0.244 e. The Balaban J connectivity index is 1.46. The van der Waals surface area contributed by atoms with Gasteiger partial charge < -0.3 is 10.2 Å². The van der Waals surface area contributed by atoms with Crippen molar-refractivity contribution in [2.75, 3.05) is 37.6 Å². The lowest BCUT2D eigenvalue weighted by atomic mass is 10.2. The van der Waals surface area contributed by atoms with Crippen LogP contribution in [0.1, 0.15) is 32.0 Å². The molecule has 3 rings (SSSR count). The first kappa shape index (κ1) is 23.3. The van der Waals surface area contributed by atoms with Gasteiger partial charge in [0, 0.05) is 63.1 Å². The normalized spacial score (nSPS) is 16.3. The van der Waals surface area contributed by atoms with Crippen LogP contribution in [0, 0.1) is 12.8 Å². The van der Waals surface area contributed by atoms with Gasteiger partial charge in [0.05, 0.1) is 5.69 Å². The van der Waals surface area contributed by atoms with Crippen LogP contribution in [-0.2, 0) is 11.3 Å². The molecule has 2 aromatic rings. The Bertz CT molecular complexity index is 887. The molecule has 1 N–H and O–H groups in total. The molecule has 31 heavy (non-hydrogen) atoms. The minimum Gasteiger partial charge on any atom is -0.354 e. The monoisotopic (exact) mass is 444 g/mol. The summed E-state index contributed by atoms with van der Waals surface area (Å²) >= 11 is 6.45. The van der Waals surface area contributed by atoms with Gasteiger partial charge in [-0.25, -0.2) is 4.98 Å². The van der Waals surface area contributed by atoms with Crippen molar-refractivity contribution in [2.24, 2.45) is 5.92 Å². The van der Waals surface area contributed by atoms with E-state index in [-0.39, 0.29) is 11.9 Å². The average molecular weight is 445 g/mol. The number of hydrogen-bond donors (Lipinski definition) is 1. The molecule has 1 amide bonds. The fraction of sp³-hybridized carbons (Fsp3) is 0.522. The van der Waals surface area contributed by atoms with Crippen LogP contribution >= 0.6 is 11.6 Å². The summed E-state index contributed by atoms with van der Waals surface area (Å²) in [6.45, 7) is 13.6. The van der Waals surface area contributed by atoms with Gasteiger partial charge in [-0.3, -0.25) is 14.4 Å². The van der Waals surface area contributed by atoms with Gasteiger partial charge in [-0.1, -0.05) is 31.5 Å². The Hall–Kier alpha value is -2.38. The quantitative estimate of drug-likeness (QED) is 0.633. The number of amides is 1. The van der Waals surface area contributed by atoms with Gasteiger partial charge in [-0.05, 0) is 38.0 Å². The molecule has 0 saturated carbocycles. The van der Waals surface area contributed by atoms with Gasteiger partial charge in [0.15, 0.2) is 0 Å². The van der Waals surface area contributed by atoms with Crippen LogP contribution in [0.3, 0.4) is 0 Å². The lowest BCUT2D eigenvalue weighted by Gasteiger charge is -2.36. The van der Waals surface area contributed by atoms with Crippen molar-refractivity contribution in [3.05, 3.63) is 46.9 Å². The molecule has 0 spiro atoms. The molecule has 1 aliphatic rings. The SMILES string of the molecule is Cc1nn(CC(C)C)c(Cl)c1C=CC(=O)NC(C)CN1CCN(c2ccccn2)CC1. The Morgan fingerprint density at radius 2 is 1.94 bits per heavy atom. The summed E-state index contributed by atoms with van der Waals surface area (Å²) in [6, 6.07) is 6.06. The zero-order chi connectivity index (χ0) is 22.4. The van der Waals surface area contributed by atoms with Crippen molar-refractivity contribution < 1.29 is 4.79 Å². The summed E-state index contributed by atoms with van der Waals surface area (Å²) in [7, 11) is 0. The number of hydrogen-bond acceptors (Lipinski definition) is 5. The maximum atomic E-state index is 12.4. The average Bonchev–Trinajstić information content (AvgIpc) is 2.99. The van der Waals surface area contributed by atoms with Crippen molar-refractivity contribution in [3.8, 4) is 0 Å². The third-order valence-corrected chi connectivity index (χ3v) is 5.71. The second-order valence-electron chi connectivity index (χ2n) is 8.58. The van der Waals surface area contributed by atoms with Crippen molar-refractivity contribution in [3.63, 3.8) is 0 Å². The van der Waals surface area contributed by atoms with Crippen molar-refractivity contribution in [1.82, 2.24) is 25.0 Å². The number of carbonyl (C=O) groups is 1. The van der Waals surface area contributed by atoms with Gasteiger partial charge in [-0.2, -0.15) is 5.10 Å². The van der Waals surface area contributed by atoms with Gasteiger partial charge >= 0.3 is 0 Å². The van der Waals surface area contributed by atoms with Crippen molar-refractivity contribution >= 4 is 29.4 Å². The van der Waals surface area contributed by atoms with E-state index >= 15 is 0 Å². The molecule has 1 saturated heterocycles. The molecule has 0 aromatic carbocycles. The van der Waals surface area contributed by atoms with Gasteiger partial charge in [-0.15, -0.1) is 0 Å². The first-order valence-electron chi connectivity index (χ1n) is 10.9. The number of aryl methyl sites for hydroxylation is 1. The molecule has 8 heteroatoms. The van der Waals surface area contributed by atoms with E-state index in [0.29, 0.717) is 11.1 Å². The lowest BCUT2D eigenvalue weighted by molar-refractivity contribution is -0.117. The van der Waals surface area contributed by atoms with Crippen LogP contribution in [0.4, 0.5) is 5.82 Å². The Labute approximate surface area is 190 Å². The minimum atomic E-state index is -0.119. The molecule has 1 fully saturated rings. The largest absolute Gasteiger partial charge is 0.354 e. The highest BCUT2D eigenvalue weighted by Gasteiger charge is 2.20. The number of aromatic nitrogens is 3. The first-order valence-corrected chi connectivity index (χ1v) is 11.3. The number of rotatable bonds is 8. The number of nitrogens with zero attached hydrogens (tertiary/aromatic N) is 5. The van der Waals surface area contributed by atoms with E-state index in [0.717, 1.165) is 56.3 Å². The maximum absolute atomic E-state index is 12.4. The molecule has 2 aromatic heterocycles. The van der Waals surface area contributed by atoms with E-state index in [1.165, 1.54) is 0 Å². The lowest BCUT2D eigenvalue weighted by Crippen LogP contribution is -2.50. The zero-order valence-electron chi connectivity index (χ0n) is 18.9. The van der Waals surface area contributed by atoms with E-state index < -0.39 is 0 Å². The summed E-state index contributed by atoms with van der Waals surface area (Å²) in [6.07, 6.45) is 5.14. The molecule has 1 unspecified atom stereocenters. The fourth-order valence-electron chi connectivity index (χ4n) is 3.81. The smallest absolute Gasteiger partial charge is 0.244 e. The van der Waals surface area contributed by atoms with Gasteiger partial charge in [0.2, 0.25) is 5.91 Å². The minimum absolute atomic E-state index is 0.0544. The van der Waals surface area contributed by atoms with Crippen LogP contribution in [-0.4, -0.2) is 64.3 Å². The summed E-state index contributed by atoms with van der Waals surface area (Å²) in [4.78, 5) is 21.5. The zero-order valence-corrected chi connectivity index (χ0v) is 19.6. The van der Waals surface area contributed by atoms with Crippen LogP contribution in [0.15, 0.2) is 30.5 Å². The Kier molecular flexibility index (Phi) is 8.09. The third-order valence-electron chi connectivity index (χ3n) is 5.32. The second kappa shape index (κ2) is 10.8. The topological polar surface area (TPSA) is 66.3 Å². The molecular weight excluding hydrogens is 412 g/mol. The molecule has 0 aliphatic carbocycles. The van der Waals surface area contributed by atoms with E-state index in [4.69, 9.17) is 11.6 Å². The summed E-state index contributed by atoms with van der Waals surface area (Å²) in [5, 5.41) is 8.11. The Morgan fingerprint density at radius 3 is 2.58 bits per heavy atom. The predicted octanol–water partition coefficient (Wildman–Crippen LogP) is 3.24. The number of halogens is 1. The number of carbonyl (C=O) groups excluding carboxylic acids is 1. The number of piperazine rings is 1. The summed E-state index contributed by atoms with van der Waals surface area (Å²) in [5.41, 5.74) is 1.63. The van der Waals surface area contributed by atoms with E-state index in [9.17, 15) is 4.79 Å². The highest BCUT2D eigenvalue weighted by atomic mass is 35.5. The second-order valence-corrected chi connectivity index (χ2v) is 8.94. The van der Waals surface area contributed by atoms with Gasteiger partial charge in [0.1, 0.15) is 11.0 Å². The summed E-state index contributed by atoms with van der Waals surface area (Å²) < 4.78 is 1.80. The molecule has 1 aliphatic heterocycles. The molecule has 168 valence electrons. The number of anilines is 1. The molecule has 7 nitrogen and oxygen atoms in total. The predicted molar refractivity (Wildman–Crippen MR) is 126 cm³/mol. The molecular formula is C23H33ClN6O. The van der Waals surface area contributed by atoms with E-state index in [2.05, 4.69) is 39.0 Å². The third kappa shape index (κ3) is 6.55. The highest BCUT2D eigenvalue weighted by Crippen LogP contribution is 2.22. The van der Waals surface area contributed by atoms with Crippen molar-refractivity contribution in [1.29, 1.82) is 0 Å². The van der Waals surface area contributed by atoms with E-state index in [1.807, 2.05) is 38.2 Å². The van der Waals surface area contributed by atoms with Crippen LogP contribution in [0.2, 0.25) is 5.15 Å². The van der Waals surface area contributed by atoms with Gasteiger partial charge in [0.25, 0.3) is 0 Å². The summed E-state index contributed by atoms with van der Waals surface area (Å²) in [5.74, 6) is 1.36. The number of pyridine rings is 1. The fourth-order valence-corrected chi connectivity index (χ4v) is 4.11. The van der Waals surface area contributed by atoms with E-state index in [1.54, 1.807) is 16.8 Å². The Morgan fingerprint density at radius 1 is 1.19 bits per heavy atom. The molecule has 1 atom stereocenters.